The SMILES string of the molecule is CCCNC(CCc1cccs1)c1ccc(F)c(Br)c1. The Hall–Kier alpha value is -0.710. The third kappa shape index (κ3) is 4.40. The second-order valence-electron chi connectivity index (χ2n) is 4.80. The Balaban J connectivity index is 2.07. The molecule has 1 unspecified atom stereocenters. The Kier molecular flexibility index (Phi) is 6.20. The molecule has 0 aliphatic rings. The van der Waals surface area contributed by atoms with Gasteiger partial charge in [0.05, 0.1) is 4.47 Å². The van der Waals surface area contributed by atoms with E-state index in [2.05, 4.69) is 45.7 Å². The van der Waals surface area contributed by atoms with Crippen LogP contribution in [-0.4, -0.2) is 6.54 Å². The lowest BCUT2D eigenvalue weighted by Crippen LogP contribution is -2.22. The standard InChI is InChI=1S/C16H19BrFNS/c1-2-9-19-16(8-6-13-4-3-10-20-13)12-5-7-15(18)14(17)11-12/h3-5,7,10-11,16,19H,2,6,8-9H2,1H3. The monoisotopic (exact) mass is 355 g/mol. The molecule has 0 saturated carbocycles. The molecule has 4 heteroatoms. The second-order valence-corrected chi connectivity index (χ2v) is 6.68. The molecule has 1 aromatic carbocycles. The second kappa shape index (κ2) is 7.91. The van der Waals surface area contributed by atoms with E-state index in [0.29, 0.717) is 4.47 Å². The fourth-order valence-electron chi connectivity index (χ4n) is 2.18. The summed E-state index contributed by atoms with van der Waals surface area (Å²) in [6.45, 7) is 3.13. The minimum Gasteiger partial charge on any atom is -0.310 e. The Bertz CT molecular complexity index is 527. The van der Waals surface area contributed by atoms with Crippen LogP contribution in [0.15, 0.2) is 40.2 Å². The summed E-state index contributed by atoms with van der Waals surface area (Å²) in [7, 11) is 0. The van der Waals surface area contributed by atoms with Crippen molar-refractivity contribution in [3.05, 3.63) is 56.4 Å². The van der Waals surface area contributed by atoms with Gasteiger partial charge in [-0.2, -0.15) is 0 Å². The van der Waals surface area contributed by atoms with Crippen LogP contribution in [0.3, 0.4) is 0 Å². The summed E-state index contributed by atoms with van der Waals surface area (Å²) in [5.41, 5.74) is 1.14. The van der Waals surface area contributed by atoms with Crippen LogP contribution < -0.4 is 5.32 Å². The van der Waals surface area contributed by atoms with E-state index < -0.39 is 0 Å². The van der Waals surface area contributed by atoms with E-state index in [1.165, 1.54) is 10.9 Å². The summed E-state index contributed by atoms with van der Waals surface area (Å²) in [4.78, 5) is 1.40. The van der Waals surface area contributed by atoms with Gasteiger partial charge in [-0.25, -0.2) is 4.39 Å². The van der Waals surface area contributed by atoms with Crippen LogP contribution in [0.5, 0.6) is 0 Å². The number of benzene rings is 1. The largest absolute Gasteiger partial charge is 0.310 e. The Labute approximate surface area is 132 Å². The Morgan fingerprint density at radius 2 is 2.20 bits per heavy atom. The first kappa shape index (κ1) is 15.7. The van der Waals surface area contributed by atoms with Gasteiger partial charge >= 0.3 is 0 Å². The van der Waals surface area contributed by atoms with Crippen LogP contribution in [-0.2, 0) is 6.42 Å². The van der Waals surface area contributed by atoms with E-state index in [-0.39, 0.29) is 11.9 Å². The van der Waals surface area contributed by atoms with Crippen molar-refractivity contribution in [2.24, 2.45) is 0 Å². The molecule has 108 valence electrons. The molecule has 0 aliphatic heterocycles. The van der Waals surface area contributed by atoms with Crippen LogP contribution >= 0.6 is 27.3 Å². The molecule has 2 aromatic rings. The third-order valence-corrected chi connectivity index (χ3v) is 4.79. The molecule has 0 radical (unpaired) electrons. The number of hydrogen-bond acceptors (Lipinski definition) is 2. The minimum atomic E-state index is -0.207. The molecule has 1 N–H and O–H groups in total. The van der Waals surface area contributed by atoms with E-state index in [9.17, 15) is 4.39 Å². The molecule has 0 aliphatic carbocycles. The van der Waals surface area contributed by atoms with Crippen molar-refractivity contribution in [1.82, 2.24) is 5.32 Å². The topological polar surface area (TPSA) is 12.0 Å². The molecule has 2 rings (SSSR count). The van der Waals surface area contributed by atoms with Gasteiger partial charge in [-0.1, -0.05) is 19.1 Å². The maximum absolute atomic E-state index is 13.4. The van der Waals surface area contributed by atoms with Gasteiger partial charge in [-0.05, 0) is 70.9 Å². The smallest absolute Gasteiger partial charge is 0.137 e. The predicted octanol–water partition coefficient (Wildman–Crippen LogP) is 5.32. The fourth-order valence-corrected chi connectivity index (χ4v) is 3.30. The van der Waals surface area contributed by atoms with E-state index in [0.717, 1.165) is 31.4 Å². The van der Waals surface area contributed by atoms with Gasteiger partial charge in [0.15, 0.2) is 0 Å². The van der Waals surface area contributed by atoms with Crippen molar-refractivity contribution in [1.29, 1.82) is 0 Å². The van der Waals surface area contributed by atoms with Gasteiger partial charge < -0.3 is 5.32 Å². The highest BCUT2D eigenvalue weighted by Gasteiger charge is 2.13. The van der Waals surface area contributed by atoms with E-state index in [1.54, 1.807) is 11.3 Å². The van der Waals surface area contributed by atoms with Crippen molar-refractivity contribution in [2.75, 3.05) is 6.54 Å². The highest BCUT2D eigenvalue weighted by molar-refractivity contribution is 9.10. The molecular weight excluding hydrogens is 337 g/mol. The third-order valence-electron chi connectivity index (χ3n) is 3.25. The molecular formula is C16H19BrFNS. The molecule has 0 bridgehead atoms. The van der Waals surface area contributed by atoms with Gasteiger partial charge in [0.2, 0.25) is 0 Å². The lowest BCUT2D eigenvalue weighted by Gasteiger charge is -2.19. The van der Waals surface area contributed by atoms with Crippen molar-refractivity contribution in [3.63, 3.8) is 0 Å². The molecule has 0 spiro atoms. The summed E-state index contributed by atoms with van der Waals surface area (Å²) in [5.74, 6) is -0.207. The fraction of sp³-hybridized carbons (Fsp3) is 0.375. The van der Waals surface area contributed by atoms with E-state index in [1.807, 2.05) is 12.1 Å². The predicted molar refractivity (Wildman–Crippen MR) is 87.8 cm³/mol. The number of thiophene rings is 1. The quantitative estimate of drug-likeness (QED) is 0.708. The first-order valence-corrected chi connectivity index (χ1v) is 8.58. The van der Waals surface area contributed by atoms with Crippen LogP contribution in [0.4, 0.5) is 4.39 Å². The molecule has 0 amide bonds. The summed E-state index contributed by atoms with van der Waals surface area (Å²) in [6, 6.07) is 9.82. The zero-order chi connectivity index (χ0) is 14.4. The average molecular weight is 356 g/mol. The van der Waals surface area contributed by atoms with Gasteiger partial charge in [-0.15, -0.1) is 11.3 Å². The molecule has 1 heterocycles. The number of hydrogen-bond donors (Lipinski definition) is 1. The summed E-state index contributed by atoms with van der Waals surface area (Å²) in [5, 5.41) is 5.67. The van der Waals surface area contributed by atoms with Crippen LogP contribution in [0.25, 0.3) is 0 Å². The molecule has 20 heavy (non-hydrogen) atoms. The summed E-state index contributed by atoms with van der Waals surface area (Å²) < 4.78 is 13.9. The number of rotatable bonds is 7. The van der Waals surface area contributed by atoms with Crippen molar-refractivity contribution >= 4 is 27.3 Å². The van der Waals surface area contributed by atoms with Crippen molar-refractivity contribution in [3.8, 4) is 0 Å². The van der Waals surface area contributed by atoms with Crippen LogP contribution in [0.1, 0.15) is 36.2 Å². The summed E-state index contributed by atoms with van der Waals surface area (Å²) >= 11 is 5.06. The van der Waals surface area contributed by atoms with Crippen LogP contribution in [0, 0.1) is 5.82 Å². The van der Waals surface area contributed by atoms with E-state index in [4.69, 9.17) is 0 Å². The van der Waals surface area contributed by atoms with Crippen LogP contribution in [0.2, 0.25) is 0 Å². The van der Waals surface area contributed by atoms with E-state index >= 15 is 0 Å². The average Bonchev–Trinajstić information content (AvgIpc) is 2.95. The van der Waals surface area contributed by atoms with Gasteiger partial charge in [0, 0.05) is 10.9 Å². The maximum atomic E-state index is 13.4. The lowest BCUT2D eigenvalue weighted by molar-refractivity contribution is 0.499. The zero-order valence-corrected chi connectivity index (χ0v) is 13.9. The first-order chi connectivity index (χ1) is 9.70. The van der Waals surface area contributed by atoms with Gasteiger partial charge in [0.1, 0.15) is 5.82 Å². The number of nitrogens with one attached hydrogen (secondary N) is 1. The van der Waals surface area contributed by atoms with Crippen molar-refractivity contribution < 1.29 is 4.39 Å². The van der Waals surface area contributed by atoms with Crippen molar-refractivity contribution in [2.45, 2.75) is 32.2 Å². The molecule has 1 nitrogen and oxygen atoms in total. The zero-order valence-electron chi connectivity index (χ0n) is 11.5. The number of halogens is 2. The number of aryl methyl sites for hydroxylation is 1. The normalized spacial score (nSPS) is 12.6. The highest BCUT2D eigenvalue weighted by atomic mass is 79.9. The van der Waals surface area contributed by atoms with Gasteiger partial charge in [0.25, 0.3) is 0 Å². The molecule has 1 atom stereocenters. The summed E-state index contributed by atoms with van der Waals surface area (Å²) in [6.07, 6.45) is 3.17. The Morgan fingerprint density at radius 1 is 1.35 bits per heavy atom. The minimum absolute atomic E-state index is 0.207. The highest BCUT2D eigenvalue weighted by Crippen LogP contribution is 2.25. The molecule has 0 saturated heterocycles. The molecule has 1 aromatic heterocycles. The maximum Gasteiger partial charge on any atom is 0.137 e. The Morgan fingerprint density at radius 3 is 2.85 bits per heavy atom. The molecule has 0 fully saturated rings. The lowest BCUT2D eigenvalue weighted by atomic mass is 10.0. The van der Waals surface area contributed by atoms with Gasteiger partial charge in [-0.3, -0.25) is 0 Å². The first-order valence-electron chi connectivity index (χ1n) is 6.91.